The predicted octanol–water partition coefficient (Wildman–Crippen LogP) is 5.39. The highest BCUT2D eigenvalue weighted by Crippen LogP contribution is 2.31. The lowest BCUT2D eigenvalue weighted by Crippen LogP contribution is -2.36. The largest absolute Gasteiger partial charge is 0.323 e. The molecule has 1 saturated heterocycles. The molecule has 0 saturated carbocycles. The maximum atomic E-state index is 12.5. The third kappa shape index (κ3) is 5.23. The average molecular weight is 449 g/mol. The van der Waals surface area contributed by atoms with E-state index in [0.717, 1.165) is 17.3 Å². The van der Waals surface area contributed by atoms with E-state index >= 15 is 0 Å². The quantitative estimate of drug-likeness (QED) is 0.491. The Morgan fingerprint density at radius 2 is 1.93 bits per heavy atom. The van der Waals surface area contributed by atoms with Crippen LogP contribution >= 0.6 is 47.2 Å². The van der Waals surface area contributed by atoms with Crippen molar-refractivity contribution in [3.05, 3.63) is 81.2 Å². The molecule has 2 aromatic carbocycles. The monoisotopic (exact) mass is 448 g/mol. The number of amides is 2. The standard InChI is InChI=1S/C20H14Cl2N2O2S2/c21-14-9-10-16(15(22)11-14)23-18(25)12-24-19(26)17(28-20(24)27)8-4-7-13-5-2-1-3-6-13/h1-11H,12H2,(H,23,25)/b7-4+,17-8-. The van der Waals surface area contributed by atoms with Crippen molar-refractivity contribution < 1.29 is 9.59 Å². The van der Waals surface area contributed by atoms with Crippen LogP contribution in [0.15, 0.2) is 65.6 Å². The topological polar surface area (TPSA) is 49.4 Å². The number of halogens is 2. The normalized spacial score (nSPS) is 15.6. The van der Waals surface area contributed by atoms with Gasteiger partial charge in [0.05, 0.1) is 15.6 Å². The van der Waals surface area contributed by atoms with E-state index in [9.17, 15) is 9.59 Å². The summed E-state index contributed by atoms with van der Waals surface area (Å²) in [6.45, 7) is -0.191. The third-order valence-corrected chi connectivity index (χ3v) is 5.66. The molecule has 0 bridgehead atoms. The number of rotatable bonds is 5. The second kappa shape index (κ2) is 9.39. The van der Waals surface area contributed by atoms with Gasteiger partial charge in [0.25, 0.3) is 5.91 Å². The van der Waals surface area contributed by atoms with E-state index in [2.05, 4.69) is 5.32 Å². The second-order valence-corrected chi connectivity index (χ2v) is 8.25. The first-order valence-electron chi connectivity index (χ1n) is 8.16. The predicted molar refractivity (Wildman–Crippen MR) is 121 cm³/mol. The van der Waals surface area contributed by atoms with Gasteiger partial charge in [0.15, 0.2) is 0 Å². The minimum absolute atomic E-state index is 0.191. The smallest absolute Gasteiger partial charge is 0.266 e. The number of thiocarbonyl (C=S) groups is 1. The first-order valence-corrected chi connectivity index (χ1v) is 10.1. The average Bonchev–Trinajstić information content (AvgIpc) is 2.92. The number of anilines is 1. The molecule has 3 rings (SSSR count). The Morgan fingerprint density at radius 3 is 2.64 bits per heavy atom. The number of carbonyl (C=O) groups is 2. The Bertz CT molecular complexity index is 991. The number of hydrogen-bond donors (Lipinski definition) is 1. The van der Waals surface area contributed by atoms with Crippen LogP contribution in [0, 0.1) is 0 Å². The lowest BCUT2D eigenvalue weighted by molar-refractivity contribution is -0.126. The zero-order chi connectivity index (χ0) is 20.1. The summed E-state index contributed by atoms with van der Waals surface area (Å²) >= 11 is 18.3. The molecule has 4 nitrogen and oxygen atoms in total. The van der Waals surface area contributed by atoms with Crippen LogP contribution in [0.1, 0.15) is 5.56 Å². The molecule has 2 aromatic rings. The van der Waals surface area contributed by atoms with Gasteiger partial charge in [-0.3, -0.25) is 14.5 Å². The molecule has 1 heterocycles. The second-order valence-electron chi connectivity index (χ2n) is 5.73. The van der Waals surface area contributed by atoms with Gasteiger partial charge in [-0.05, 0) is 29.8 Å². The van der Waals surface area contributed by atoms with Crippen molar-refractivity contribution in [1.82, 2.24) is 4.90 Å². The van der Waals surface area contributed by atoms with Crippen molar-refractivity contribution in [2.45, 2.75) is 0 Å². The molecule has 142 valence electrons. The van der Waals surface area contributed by atoms with Gasteiger partial charge in [0.2, 0.25) is 5.91 Å². The van der Waals surface area contributed by atoms with E-state index in [1.54, 1.807) is 24.3 Å². The Kier molecular flexibility index (Phi) is 6.91. The van der Waals surface area contributed by atoms with Crippen LogP contribution in [0.2, 0.25) is 10.0 Å². The fourth-order valence-electron chi connectivity index (χ4n) is 2.39. The molecule has 1 fully saturated rings. The molecule has 1 N–H and O–H groups in total. The summed E-state index contributed by atoms with van der Waals surface area (Å²) in [5, 5.41) is 3.44. The van der Waals surface area contributed by atoms with E-state index in [4.69, 9.17) is 35.4 Å². The van der Waals surface area contributed by atoms with Crippen LogP contribution in [-0.2, 0) is 9.59 Å². The Balaban J connectivity index is 1.64. The highest BCUT2D eigenvalue weighted by Gasteiger charge is 2.33. The van der Waals surface area contributed by atoms with Gasteiger partial charge in [0, 0.05) is 5.02 Å². The van der Waals surface area contributed by atoms with Crippen LogP contribution in [0.4, 0.5) is 5.69 Å². The van der Waals surface area contributed by atoms with Crippen molar-refractivity contribution in [3.8, 4) is 0 Å². The maximum absolute atomic E-state index is 12.5. The summed E-state index contributed by atoms with van der Waals surface area (Å²) in [5.74, 6) is -0.702. The minimum Gasteiger partial charge on any atom is -0.323 e. The molecular weight excluding hydrogens is 435 g/mol. The van der Waals surface area contributed by atoms with Crippen molar-refractivity contribution >= 4 is 75.1 Å². The Morgan fingerprint density at radius 1 is 1.18 bits per heavy atom. The van der Waals surface area contributed by atoms with Crippen molar-refractivity contribution in [2.75, 3.05) is 11.9 Å². The summed E-state index contributed by atoms with van der Waals surface area (Å²) < 4.78 is 0.335. The van der Waals surface area contributed by atoms with E-state index < -0.39 is 5.91 Å². The summed E-state index contributed by atoms with van der Waals surface area (Å²) in [5.41, 5.74) is 1.44. The zero-order valence-corrected chi connectivity index (χ0v) is 17.5. The van der Waals surface area contributed by atoms with Crippen LogP contribution in [0.25, 0.3) is 6.08 Å². The molecule has 0 aliphatic carbocycles. The molecule has 1 aliphatic rings. The third-order valence-electron chi connectivity index (χ3n) is 3.72. The number of nitrogens with one attached hydrogen (secondary N) is 1. The van der Waals surface area contributed by atoms with Crippen molar-refractivity contribution in [1.29, 1.82) is 0 Å². The first-order chi connectivity index (χ1) is 13.4. The first kappa shape index (κ1) is 20.6. The summed E-state index contributed by atoms with van der Waals surface area (Å²) in [6, 6.07) is 14.5. The number of allylic oxidation sites excluding steroid dienone is 2. The Labute approximate surface area is 182 Å². The highest BCUT2D eigenvalue weighted by molar-refractivity contribution is 8.26. The number of nitrogens with zero attached hydrogens (tertiary/aromatic N) is 1. The Hall–Kier alpha value is -2.12. The molecule has 0 radical (unpaired) electrons. The van der Waals surface area contributed by atoms with E-state index in [0.29, 0.717) is 25.0 Å². The van der Waals surface area contributed by atoms with Gasteiger partial charge >= 0.3 is 0 Å². The van der Waals surface area contributed by atoms with Gasteiger partial charge in [-0.15, -0.1) is 0 Å². The molecule has 0 spiro atoms. The molecule has 1 aliphatic heterocycles. The van der Waals surface area contributed by atoms with Gasteiger partial charge in [0.1, 0.15) is 10.9 Å². The molecule has 0 aromatic heterocycles. The highest BCUT2D eigenvalue weighted by atomic mass is 35.5. The number of carbonyl (C=O) groups excluding carboxylic acids is 2. The summed E-state index contributed by atoms with van der Waals surface area (Å²) in [6.07, 6.45) is 5.37. The van der Waals surface area contributed by atoms with Gasteiger partial charge in [-0.2, -0.15) is 0 Å². The molecule has 2 amide bonds. The van der Waals surface area contributed by atoms with Crippen LogP contribution in [-0.4, -0.2) is 27.6 Å². The van der Waals surface area contributed by atoms with Crippen LogP contribution < -0.4 is 5.32 Å². The number of thioether (sulfide) groups is 1. The van der Waals surface area contributed by atoms with Gasteiger partial charge in [-0.1, -0.05) is 89.7 Å². The number of benzene rings is 2. The maximum Gasteiger partial charge on any atom is 0.266 e. The van der Waals surface area contributed by atoms with E-state index in [-0.39, 0.29) is 12.5 Å². The van der Waals surface area contributed by atoms with Gasteiger partial charge in [-0.25, -0.2) is 0 Å². The lowest BCUT2D eigenvalue weighted by Gasteiger charge is -2.14. The molecule has 0 unspecified atom stereocenters. The van der Waals surface area contributed by atoms with Crippen LogP contribution in [0.3, 0.4) is 0 Å². The molecule has 8 heteroatoms. The fourth-order valence-corrected chi connectivity index (χ4v) is 4.05. The van der Waals surface area contributed by atoms with E-state index in [1.165, 1.54) is 11.0 Å². The molecular formula is C20H14Cl2N2O2S2. The van der Waals surface area contributed by atoms with Crippen LogP contribution in [0.5, 0.6) is 0 Å². The molecule has 0 atom stereocenters. The number of hydrogen-bond acceptors (Lipinski definition) is 4. The minimum atomic E-state index is -0.401. The summed E-state index contributed by atoms with van der Waals surface area (Å²) in [4.78, 5) is 26.6. The van der Waals surface area contributed by atoms with E-state index in [1.807, 2.05) is 36.4 Å². The van der Waals surface area contributed by atoms with Crippen molar-refractivity contribution in [2.24, 2.45) is 0 Å². The fraction of sp³-hybridized carbons (Fsp3) is 0.0500. The zero-order valence-electron chi connectivity index (χ0n) is 14.4. The SMILES string of the molecule is O=C(CN1C(=O)/C(=C/C=C/c2ccccc2)SC1=S)Nc1ccc(Cl)cc1Cl. The van der Waals surface area contributed by atoms with Crippen molar-refractivity contribution in [3.63, 3.8) is 0 Å². The lowest BCUT2D eigenvalue weighted by atomic mass is 10.2. The van der Waals surface area contributed by atoms with Gasteiger partial charge < -0.3 is 5.32 Å². The molecule has 28 heavy (non-hydrogen) atoms. The summed E-state index contributed by atoms with van der Waals surface area (Å²) in [7, 11) is 0.